The van der Waals surface area contributed by atoms with E-state index in [0.717, 1.165) is 30.0 Å². The van der Waals surface area contributed by atoms with Crippen molar-refractivity contribution in [2.75, 3.05) is 11.4 Å². The van der Waals surface area contributed by atoms with Crippen molar-refractivity contribution in [3.05, 3.63) is 89.5 Å². The van der Waals surface area contributed by atoms with Crippen molar-refractivity contribution < 1.29 is 22.8 Å². The number of benzene rings is 2. The molecule has 3 amide bonds. The maximum Gasteiger partial charge on any atom is 0.418 e. The van der Waals surface area contributed by atoms with E-state index in [1.165, 1.54) is 23.1 Å². The van der Waals surface area contributed by atoms with Crippen LogP contribution in [0.15, 0.2) is 78.4 Å². The smallest absolute Gasteiger partial charge is 0.306 e. The highest BCUT2D eigenvalue weighted by Gasteiger charge is 2.53. The van der Waals surface area contributed by atoms with Gasteiger partial charge in [-0.25, -0.2) is 9.69 Å². The number of imide groups is 1. The van der Waals surface area contributed by atoms with Crippen LogP contribution in [-0.2, 0) is 17.4 Å². The number of urea groups is 1. The Kier molecular flexibility index (Phi) is 5.91. The molecule has 4 rings (SSSR count). The zero-order valence-electron chi connectivity index (χ0n) is 18.5. The van der Waals surface area contributed by atoms with Crippen LogP contribution in [0, 0.1) is 5.92 Å². The minimum Gasteiger partial charge on any atom is -0.306 e. The van der Waals surface area contributed by atoms with Gasteiger partial charge in [-0.15, -0.1) is 0 Å². The van der Waals surface area contributed by atoms with Crippen molar-refractivity contribution in [3.63, 3.8) is 0 Å². The van der Waals surface area contributed by atoms with Crippen LogP contribution in [0.25, 0.3) is 0 Å². The Labute approximate surface area is 191 Å². The molecule has 1 unspecified atom stereocenters. The predicted octanol–water partition coefficient (Wildman–Crippen LogP) is 6.00. The first-order valence-corrected chi connectivity index (χ1v) is 10.8. The Morgan fingerprint density at radius 2 is 1.67 bits per heavy atom. The lowest BCUT2D eigenvalue weighted by molar-refractivity contribution is -0.137. The molecule has 2 aromatic carbocycles. The number of hydrogen-bond donors (Lipinski definition) is 0. The predicted molar refractivity (Wildman–Crippen MR) is 121 cm³/mol. The third-order valence-electron chi connectivity index (χ3n) is 6.33. The van der Waals surface area contributed by atoms with Crippen molar-refractivity contribution >= 4 is 17.6 Å². The lowest BCUT2D eigenvalue weighted by Crippen LogP contribution is -2.45. The summed E-state index contributed by atoms with van der Waals surface area (Å²) in [6.45, 7) is 3.33. The van der Waals surface area contributed by atoms with Crippen LogP contribution in [0.3, 0.4) is 0 Å². The van der Waals surface area contributed by atoms with Crippen molar-refractivity contribution in [1.82, 2.24) is 4.90 Å². The number of alkyl halides is 3. The number of rotatable bonds is 5. The maximum absolute atomic E-state index is 13.6. The third kappa shape index (κ3) is 4.32. The van der Waals surface area contributed by atoms with Crippen LogP contribution in [0.2, 0.25) is 0 Å². The number of para-hydroxylation sites is 1. The summed E-state index contributed by atoms with van der Waals surface area (Å²) in [7, 11) is 0. The normalized spacial score (nSPS) is 20.4. The third-order valence-corrected chi connectivity index (χ3v) is 6.33. The lowest BCUT2D eigenvalue weighted by atomic mass is 9.85. The number of anilines is 1. The van der Waals surface area contributed by atoms with E-state index in [1.807, 2.05) is 42.5 Å². The van der Waals surface area contributed by atoms with Crippen LogP contribution >= 0.6 is 0 Å². The second kappa shape index (κ2) is 8.54. The molecule has 7 heteroatoms. The van der Waals surface area contributed by atoms with Gasteiger partial charge in [-0.3, -0.25) is 4.79 Å². The monoisotopic (exact) mass is 454 g/mol. The number of carbonyl (C=O) groups excluding carboxylic acids is 2. The van der Waals surface area contributed by atoms with Crippen LogP contribution < -0.4 is 4.90 Å². The van der Waals surface area contributed by atoms with Gasteiger partial charge in [0.1, 0.15) is 5.54 Å². The van der Waals surface area contributed by atoms with Gasteiger partial charge in [0.2, 0.25) is 0 Å². The van der Waals surface area contributed by atoms with Gasteiger partial charge in [-0.1, -0.05) is 60.7 Å². The molecule has 1 heterocycles. The molecule has 0 radical (unpaired) electrons. The lowest BCUT2D eigenvalue weighted by Gasteiger charge is -2.32. The molecule has 2 aliphatic rings. The average molecular weight is 454 g/mol. The zero-order chi connectivity index (χ0) is 23.8. The van der Waals surface area contributed by atoms with E-state index in [4.69, 9.17) is 0 Å². The van der Waals surface area contributed by atoms with Gasteiger partial charge in [-0.2, -0.15) is 13.2 Å². The topological polar surface area (TPSA) is 40.6 Å². The number of amides is 3. The minimum atomic E-state index is -4.69. The first kappa shape index (κ1) is 22.8. The average Bonchev–Trinajstić information content (AvgIpc) is 2.94. The fourth-order valence-corrected chi connectivity index (χ4v) is 4.42. The molecule has 0 spiro atoms. The Hall–Kier alpha value is -3.35. The molecule has 0 saturated carbocycles. The molecule has 0 bridgehead atoms. The zero-order valence-corrected chi connectivity index (χ0v) is 18.5. The molecule has 172 valence electrons. The Bertz CT molecular complexity index is 1120. The maximum atomic E-state index is 13.6. The summed E-state index contributed by atoms with van der Waals surface area (Å²) in [5.41, 5.74) is -0.594. The fraction of sp³-hybridized carbons (Fsp3) is 0.308. The first-order chi connectivity index (χ1) is 15.6. The van der Waals surface area contributed by atoms with E-state index >= 15 is 0 Å². The number of halogens is 3. The number of nitrogens with zero attached hydrogens (tertiary/aromatic N) is 2. The van der Waals surface area contributed by atoms with Crippen LogP contribution in [0.5, 0.6) is 0 Å². The highest BCUT2D eigenvalue weighted by Crippen LogP contribution is 2.41. The van der Waals surface area contributed by atoms with Crippen molar-refractivity contribution in [2.45, 2.75) is 38.4 Å². The van der Waals surface area contributed by atoms with E-state index in [2.05, 4.69) is 6.08 Å². The van der Waals surface area contributed by atoms with Gasteiger partial charge < -0.3 is 4.90 Å². The summed E-state index contributed by atoms with van der Waals surface area (Å²) in [4.78, 5) is 28.6. The Morgan fingerprint density at radius 3 is 2.36 bits per heavy atom. The highest BCUT2D eigenvalue weighted by atomic mass is 19.4. The summed E-state index contributed by atoms with van der Waals surface area (Å²) in [6, 6.07) is 13.9. The molecule has 0 N–H and O–H groups in total. The van der Waals surface area contributed by atoms with Crippen molar-refractivity contribution in [1.29, 1.82) is 0 Å². The Morgan fingerprint density at radius 1 is 1.00 bits per heavy atom. The summed E-state index contributed by atoms with van der Waals surface area (Å²) in [5, 5.41) is 0. The molecular weight excluding hydrogens is 429 g/mol. The van der Waals surface area contributed by atoms with Crippen LogP contribution in [-0.4, -0.2) is 28.9 Å². The molecule has 4 nitrogen and oxygen atoms in total. The molecule has 1 fully saturated rings. The molecule has 1 aliphatic carbocycles. The van der Waals surface area contributed by atoms with Gasteiger partial charge in [0.25, 0.3) is 5.91 Å². The fourth-order valence-electron chi connectivity index (χ4n) is 4.42. The highest BCUT2D eigenvalue weighted by molar-refractivity contribution is 6.23. The molecular formula is C26H25F3N2O2. The SMILES string of the molecule is CC1(C)C(=O)N(c2ccccc2C(F)(F)F)C(=O)N1CC1=CC=CCC1Cc1ccccc1. The van der Waals surface area contributed by atoms with Gasteiger partial charge in [-0.05, 0) is 55.9 Å². The van der Waals surface area contributed by atoms with Gasteiger partial charge >= 0.3 is 12.2 Å². The number of allylic oxidation sites excluding steroid dienone is 3. The minimum absolute atomic E-state index is 0.132. The van der Waals surface area contributed by atoms with E-state index in [0.29, 0.717) is 4.90 Å². The first-order valence-electron chi connectivity index (χ1n) is 10.8. The van der Waals surface area contributed by atoms with Crippen LogP contribution in [0.1, 0.15) is 31.4 Å². The van der Waals surface area contributed by atoms with Gasteiger partial charge in [0.05, 0.1) is 11.3 Å². The Balaban J connectivity index is 1.64. The van der Waals surface area contributed by atoms with E-state index < -0.39 is 34.9 Å². The molecule has 2 aromatic rings. The molecule has 1 atom stereocenters. The quantitative estimate of drug-likeness (QED) is 0.520. The second-order valence-corrected chi connectivity index (χ2v) is 8.88. The largest absolute Gasteiger partial charge is 0.418 e. The van der Waals surface area contributed by atoms with E-state index in [-0.39, 0.29) is 12.5 Å². The van der Waals surface area contributed by atoms with E-state index in [9.17, 15) is 22.8 Å². The van der Waals surface area contributed by atoms with Crippen LogP contribution in [0.4, 0.5) is 23.7 Å². The molecule has 1 aliphatic heterocycles. The number of carbonyl (C=O) groups is 2. The molecule has 1 saturated heterocycles. The van der Waals surface area contributed by atoms with Crippen molar-refractivity contribution in [2.24, 2.45) is 5.92 Å². The van der Waals surface area contributed by atoms with E-state index in [1.54, 1.807) is 13.8 Å². The summed E-state index contributed by atoms with van der Waals surface area (Å²) < 4.78 is 40.8. The standard InChI is InChI=1S/C26H25F3N2O2/c1-25(2)23(32)31(22-15-9-8-14-21(22)26(27,28)29)24(33)30(25)17-20-13-7-6-12-19(20)16-18-10-4-3-5-11-18/h3-11,13-15,19H,12,16-17H2,1-2H3. The van der Waals surface area contributed by atoms with Gasteiger partial charge in [0.15, 0.2) is 0 Å². The molecule has 0 aromatic heterocycles. The van der Waals surface area contributed by atoms with Gasteiger partial charge in [0, 0.05) is 6.54 Å². The summed E-state index contributed by atoms with van der Waals surface area (Å²) in [6.07, 6.45) is 2.79. The summed E-state index contributed by atoms with van der Waals surface area (Å²) in [5.74, 6) is -0.539. The second-order valence-electron chi connectivity index (χ2n) is 8.88. The number of hydrogen-bond acceptors (Lipinski definition) is 2. The summed E-state index contributed by atoms with van der Waals surface area (Å²) >= 11 is 0. The van der Waals surface area contributed by atoms with Crippen molar-refractivity contribution in [3.8, 4) is 0 Å². The molecule has 33 heavy (non-hydrogen) atoms.